The van der Waals surface area contributed by atoms with Crippen LogP contribution in [0.5, 0.6) is 0 Å². The molecule has 0 aromatic carbocycles. The van der Waals surface area contributed by atoms with Gasteiger partial charge in [0.25, 0.3) is 0 Å². The second-order valence-corrected chi connectivity index (χ2v) is 4.02. The molecule has 0 bridgehead atoms. The molecule has 64 valence electrons. The smallest absolute Gasteiger partial charge is 0.0966 e. The highest BCUT2D eigenvalue weighted by atomic mass is 32.1. The van der Waals surface area contributed by atoms with E-state index in [1.165, 1.54) is 10.6 Å². The van der Waals surface area contributed by atoms with Crippen LogP contribution in [-0.4, -0.2) is 18.6 Å². The van der Waals surface area contributed by atoms with Crippen molar-refractivity contribution in [3.63, 3.8) is 0 Å². The Balaban J connectivity index is 2.17. The van der Waals surface area contributed by atoms with Crippen LogP contribution in [0, 0.1) is 6.92 Å². The molecule has 0 aliphatic carbocycles. The van der Waals surface area contributed by atoms with E-state index in [1.807, 2.05) is 0 Å². The van der Waals surface area contributed by atoms with Crippen molar-refractivity contribution < 1.29 is 0 Å². The number of anilines is 1. The van der Waals surface area contributed by atoms with Crippen LogP contribution in [-0.2, 0) is 0 Å². The number of hydrogen-bond acceptors (Lipinski definition) is 3. The normalized spacial score (nSPS) is 16.2. The maximum Gasteiger partial charge on any atom is 0.0966 e. The highest BCUT2D eigenvalue weighted by Crippen LogP contribution is 2.26. The summed E-state index contributed by atoms with van der Waals surface area (Å²) in [5, 5.41) is 3.51. The van der Waals surface area contributed by atoms with Gasteiger partial charge in [0.1, 0.15) is 0 Å². The summed E-state index contributed by atoms with van der Waals surface area (Å²) in [6.07, 6.45) is 4.21. The summed E-state index contributed by atoms with van der Waals surface area (Å²) in [7, 11) is 2.08. The van der Waals surface area contributed by atoms with Crippen LogP contribution in [0.1, 0.15) is 5.56 Å². The summed E-state index contributed by atoms with van der Waals surface area (Å²) in [4.78, 5) is 4.41. The molecule has 3 heteroatoms. The van der Waals surface area contributed by atoms with Gasteiger partial charge in [-0.1, -0.05) is 0 Å². The van der Waals surface area contributed by atoms with Gasteiger partial charge in [0.15, 0.2) is 0 Å². The summed E-state index contributed by atoms with van der Waals surface area (Å²) >= 11 is 1.80. The predicted molar refractivity (Wildman–Crippen MR) is 53.3 cm³/mol. The molecule has 0 amide bonds. The first-order valence-electron chi connectivity index (χ1n) is 3.96. The van der Waals surface area contributed by atoms with Crippen molar-refractivity contribution in [3.8, 4) is 0 Å². The summed E-state index contributed by atoms with van der Waals surface area (Å²) in [6.45, 7) is 3.10. The number of hydrogen-bond donors (Lipinski definition) is 0. The lowest BCUT2D eigenvalue weighted by Gasteiger charge is -2.15. The summed E-state index contributed by atoms with van der Waals surface area (Å²) in [5.74, 6) is 0. The molecule has 2 nitrogen and oxygen atoms in total. The number of aryl methyl sites for hydroxylation is 1. The van der Waals surface area contributed by atoms with Crippen molar-refractivity contribution in [1.82, 2.24) is 4.90 Å². The van der Waals surface area contributed by atoms with Gasteiger partial charge in [-0.15, -0.1) is 11.3 Å². The van der Waals surface area contributed by atoms with Gasteiger partial charge in [-0.2, -0.15) is 0 Å². The first-order chi connectivity index (χ1) is 5.75. The molecule has 0 radical (unpaired) electrons. The third kappa shape index (κ3) is 1.32. The molecule has 1 aromatic rings. The van der Waals surface area contributed by atoms with Gasteiger partial charge >= 0.3 is 0 Å². The molecule has 1 aromatic heterocycles. The lowest BCUT2D eigenvalue weighted by atomic mass is 10.4. The molecule has 12 heavy (non-hydrogen) atoms. The van der Waals surface area contributed by atoms with Gasteiger partial charge in [0.2, 0.25) is 0 Å². The molecule has 0 saturated carbocycles. The van der Waals surface area contributed by atoms with E-state index in [9.17, 15) is 0 Å². The molecule has 0 atom stereocenters. The van der Waals surface area contributed by atoms with Crippen LogP contribution >= 0.6 is 11.3 Å². The summed E-state index contributed by atoms with van der Waals surface area (Å²) in [6, 6.07) is 2.22. The fraction of sp³-hybridized carbons (Fsp3) is 0.333. The number of rotatable bonds is 1. The molecule has 1 aliphatic heterocycles. The van der Waals surface area contributed by atoms with E-state index in [4.69, 9.17) is 0 Å². The zero-order valence-electron chi connectivity index (χ0n) is 7.32. The van der Waals surface area contributed by atoms with Crippen molar-refractivity contribution in [3.05, 3.63) is 29.4 Å². The lowest BCUT2D eigenvalue weighted by molar-refractivity contribution is 0.496. The number of thiophene rings is 1. The second-order valence-electron chi connectivity index (χ2n) is 3.13. The molecule has 0 fully saturated rings. The predicted octanol–water partition coefficient (Wildman–Crippen LogP) is 2.24. The molecule has 2 rings (SSSR count). The quantitative estimate of drug-likeness (QED) is 0.654. The topological polar surface area (TPSA) is 6.48 Å². The molecule has 0 N–H and O–H groups in total. The maximum absolute atomic E-state index is 2.25. The summed E-state index contributed by atoms with van der Waals surface area (Å²) < 4.78 is 0. The van der Waals surface area contributed by atoms with E-state index < -0.39 is 0 Å². The fourth-order valence-electron chi connectivity index (χ4n) is 1.24. The van der Waals surface area contributed by atoms with Crippen LogP contribution in [0.25, 0.3) is 0 Å². The van der Waals surface area contributed by atoms with E-state index in [1.54, 1.807) is 11.3 Å². The minimum atomic E-state index is 0.972. The average molecular weight is 180 g/mol. The van der Waals surface area contributed by atoms with E-state index >= 15 is 0 Å². The number of nitrogens with zero attached hydrogens (tertiary/aromatic N) is 2. The Labute approximate surface area is 76.7 Å². The van der Waals surface area contributed by atoms with Crippen molar-refractivity contribution in [2.45, 2.75) is 6.92 Å². The van der Waals surface area contributed by atoms with Gasteiger partial charge in [-0.25, -0.2) is 0 Å². The van der Waals surface area contributed by atoms with E-state index in [0.717, 1.165) is 6.67 Å². The van der Waals surface area contributed by atoms with Crippen LogP contribution in [0.2, 0.25) is 0 Å². The van der Waals surface area contributed by atoms with E-state index in [2.05, 4.69) is 47.6 Å². The van der Waals surface area contributed by atoms with Crippen LogP contribution < -0.4 is 4.90 Å². The SMILES string of the molecule is Cc1csc(N2C=CN(C)C2)c1. The highest BCUT2D eigenvalue weighted by molar-refractivity contribution is 7.14. The molecule has 1 aliphatic rings. The average Bonchev–Trinajstić information content (AvgIpc) is 2.58. The Morgan fingerprint density at radius 1 is 1.42 bits per heavy atom. The van der Waals surface area contributed by atoms with Gasteiger partial charge in [0, 0.05) is 19.4 Å². The van der Waals surface area contributed by atoms with E-state index in [-0.39, 0.29) is 0 Å². The Morgan fingerprint density at radius 3 is 2.75 bits per heavy atom. The standard InChI is InChI=1S/C9H12N2S/c1-8-5-9(12-6-8)11-4-3-10(2)7-11/h3-6H,7H2,1-2H3. The van der Waals surface area contributed by atoms with Crippen LogP contribution in [0.15, 0.2) is 23.8 Å². The second kappa shape index (κ2) is 2.83. The van der Waals surface area contributed by atoms with Crippen molar-refractivity contribution in [2.24, 2.45) is 0 Å². The van der Waals surface area contributed by atoms with Crippen molar-refractivity contribution >= 4 is 16.3 Å². The van der Waals surface area contributed by atoms with E-state index in [0.29, 0.717) is 0 Å². The fourth-order valence-corrected chi connectivity index (χ4v) is 2.12. The monoisotopic (exact) mass is 180 g/mol. The third-order valence-electron chi connectivity index (χ3n) is 1.88. The highest BCUT2D eigenvalue weighted by Gasteiger charge is 2.11. The van der Waals surface area contributed by atoms with Gasteiger partial charge < -0.3 is 9.80 Å². The molecular formula is C9H12N2S. The molecule has 0 spiro atoms. The Kier molecular flexibility index (Phi) is 1.81. The van der Waals surface area contributed by atoms with Gasteiger partial charge in [-0.05, 0) is 23.9 Å². The summed E-state index contributed by atoms with van der Waals surface area (Å²) in [5.41, 5.74) is 1.35. The minimum absolute atomic E-state index is 0.972. The van der Waals surface area contributed by atoms with Crippen molar-refractivity contribution in [2.75, 3.05) is 18.6 Å². The molecular weight excluding hydrogens is 168 g/mol. The molecule has 0 unspecified atom stereocenters. The largest absolute Gasteiger partial charge is 0.361 e. The van der Waals surface area contributed by atoms with Crippen molar-refractivity contribution in [1.29, 1.82) is 0 Å². The maximum atomic E-state index is 2.25. The Morgan fingerprint density at radius 2 is 2.25 bits per heavy atom. The van der Waals surface area contributed by atoms with Crippen LogP contribution in [0.4, 0.5) is 5.00 Å². The minimum Gasteiger partial charge on any atom is -0.361 e. The first-order valence-corrected chi connectivity index (χ1v) is 4.84. The zero-order valence-corrected chi connectivity index (χ0v) is 8.14. The lowest BCUT2D eigenvalue weighted by Crippen LogP contribution is -2.20. The zero-order chi connectivity index (χ0) is 8.55. The van der Waals surface area contributed by atoms with Gasteiger partial charge in [-0.3, -0.25) is 0 Å². The Hall–Kier alpha value is -0.960. The molecule has 0 saturated heterocycles. The third-order valence-corrected chi connectivity index (χ3v) is 2.96. The van der Waals surface area contributed by atoms with Gasteiger partial charge in [0.05, 0.1) is 11.7 Å². The first kappa shape index (κ1) is 7.68. The molecule has 2 heterocycles. The Bertz CT molecular complexity index is 303. The van der Waals surface area contributed by atoms with Crippen LogP contribution in [0.3, 0.4) is 0 Å².